The van der Waals surface area contributed by atoms with Gasteiger partial charge >= 0.3 is 0 Å². The summed E-state index contributed by atoms with van der Waals surface area (Å²) >= 11 is 3.48. The van der Waals surface area contributed by atoms with Crippen LogP contribution in [0.5, 0.6) is 11.5 Å². The number of halogens is 1. The Morgan fingerprint density at radius 3 is 2.12 bits per heavy atom. The lowest BCUT2D eigenvalue weighted by Gasteiger charge is -2.35. The zero-order valence-electron chi connectivity index (χ0n) is 27.8. The van der Waals surface area contributed by atoms with Crippen molar-refractivity contribution >= 4 is 43.5 Å². The number of methoxy groups -OCH3 is 2. The van der Waals surface area contributed by atoms with Crippen LogP contribution in [0, 0.1) is 0 Å². The summed E-state index contributed by atoms with van der Waals surface area (Å²) in [7, 11) is -1.39. The highest BCUT2D eigenvalue weighted by Gasteiger charge is 2.36. The number of hydrogen-bond donors (Lipinski definition) is 1. The van der Waals surface area contributed by atoms with Gasteiger partial charge in [0.15, 0.2) is 0 Å². The number of anilines is 1. The lowest BCUT2D eigenvalue weighted by Crippen LogP contribution is -2.55. The molecule has 258 valence electrons. The van der Waals surface area contributed by atoms with Crippen LogP contribution in [-0.4, -0.2) is 58.0 Å². The summed E-state index contributed by atoms with van der Waals surface area (Å²) in [6.07, 6.45) is 5.20. The Balaban J connectivity index is 1.60. The smallest absolute Gasteiger partial charge is 0.264 e. The van der Waals surface area contributed by atoms with E-state index in [-0.39, 0.29) is 41.2 Å². The number of nitrogens with one attached hydrogen (secondary N) is 1. The number of nitrogens with zero attached hydrogens (tertiary/aromatic N) is 2. The zero-order chi connectivity index (χ0) is 34.8. The number of carbonyl (C=O) groups is 2. The van der Waals surface area contributed by atoms with Crippen LogP contribution in [0.2, 0.25) is 0 Å². The van der Waals surface area contributed by atoms with Gasteiger partial charge in [-0.3, -0.25) is 13.9 Å². The SMILES string of the molecule is COc1ccc(OC)c(N(CC(=O)N(Cc2ccc(Br)cc2)[C@@H](Cc2ccccc2)C(=O)NC2CCCCC2)S(=O)(=O)c2ccccc2)c1. The first kappa shape index (κ1) is 35.9. The van der Waals surface area contributed by atoms with Gasteiger partial charge in [-0.1, -0.05) is 95.9 Å². The van der Waals surface area contributed by atoms with Gasteiger partial charge in [0, 0.05) is 29.5 Å². The average molecular weight is 749 g/mol. The molecule has 4 aromatic carbocycles. The molecule has 1 saturated carbocycles. The van der Waals surface area contributed by atoms with Gasteiger partial charge in [0.1, 0.15) is 24.1 Å². The molecule has 9 nitrogen and oxygen atoms in total. The van der Waals surface area contributed by atoms with E-state index < -0.39 is 28.5 Å². The largest absolute Gasteiger partial charge is 0.497 e. The van der Waals surface area contributed by atoms with Crippen LogP contribution in [0.15, 0.2) is 112 Å². The maximum atomic E-state index is 14.8. The summed E-state index contributed by atoms with van der Waals surface area (Å²) in [6, 6.07) is 28.9. The summed E-state index contributed by atoms with van der Waals surface area (Å²) in [4.78, 5) is 30.6. The Bertz CT molecular complexity index is 1800. The van der Waals surface area contributed by atoms with Crippen molar-refractivity contribution in [3.05, 3.63) is 119 Å². The third kappa shape index (κ3) is 9.21. The third-order valence-electron chi connectivity index (χ3n) is 8.75. The Kier molecular flexibility index (Phi) is 12.4. The molecule has 4 aromatic rings. The van der Waals surface area contributed by atoms with Gasteiger partial charge in [-0.2, -0.15) is 0 Å². The molecule has 1 fully saturated rings. The molecular weight excluding hydrogens is 706 g/mol. The van der Waals surface area contributed by atoms with Crippen molar-refractivity contribution in [2.45, 2.75) is 62.0 Å². The number of amides is 2. The number of sulfonamides is 1. The molecule has 1 N–H and O–H groups in total. The van der Waals surface area contributed by atoms with E-state index in [0.717, 1.165) is 52.0 Å². The summed E-state index contributed by atoms with van der Waals surface area (Å²) in [5, 5.41) is 3.24. The zero-order valence-corrected chi connectivity index (χ0v) is 30.2. The summed E-state index contributed by atoms with van der Waals surface area (Å²) in [6.45, 7) is -0.518. The highest BCUT2D eigenvalue weighted by Crippen LogP contribution is 2.36. The number of carbonyl (C=O) groups excluding carboxylic acids is 2. The fourth-order valence-electron chi connectivity index (χ4n) is 6.11. The molecule has 0 saturated heterocycles. The summed E-state index contributed by atoms with van der Waals surface area (Å²) < 4.78 is 41.7. The minimum atomic E-state index is -4.30. The van der Waals surface area contributed by atoms with Crippen LogP contribution >= 0.6 is 15.9 Å². The maximum absolute atomic E-state index is 14.8. The van der Waals surface area contributed by atoms with Crippen molar-refractivity contribution in [3.63, 3.8) is 0 Å². The van der Waals surface area contributed by atoms with E-state index in [0.29, 0.717) is 5.75 Å². The fourth-order valence-corrected chi connectivity index (χ4v) is 7.81. The number of benzene rings is 4. The van der Waals surface area contributed by atoms with Crippen molar-refractivity contribution in [1.82, 2.24) is 10.2 Å². The number of ether oxygens (including phenoxy) is 2. The maximum Gasteiger partial charge on any atom is 0.264 e. The minimum Gasteiger partial charge on any atom is -0.497 e. The van der Waals surface area contributed by atoms with E-state index in [9.17, 15) is 18.0 Å². The van der Waals surface area contributed by atoms with Crippen LogP contribution < -0.4 is 19.1 Å². The van der Waals surface area contributed by atoms with Crippen molar-refractivity contribution in [2.24, 2.45) is 0 Å². The predicted octanol–water partition coefficient (Wildman–Crippen LogP) is 6.75. The topological polar surface area (TPSA) is 105 Å². The quantitative estimate of drug-likeness (QED) is 0.153. The Morgan fingerprint density at radius 2 is 1.49 bits per heavy atom. The average Bonchev–Trinajstić information content (AvgIpc) is 3.13. The summed E-state index contributed by atoms with van der Waals surface area (Å²) in [5.74, 6) is -0.190. The van der Waals surface area contributed by atoms with Crippen molar-refractivity contribution in [2.75, 3.05) is 25.1 Å². The van der Waals surface area contributed by atoms with Crippen molar-refractivity contribution < 1.29 is 27.5 Å². The van der Waals surface area contributed by atoms with E-state index in [2.05, 4.69) is 21.2 Å². The fraction of sp³-hybridized carbons (Fsp3) is 0.316. The predicted molar refractivity (Wildman–Crippen MR) is 194 cm³/mol. The minimum absolute atomic E-state index is 0.00279. The van der Waals surface area contributed by atoms with Crippen molar-refractivity contribution in [1.29, 1.82) is 0 Å². The van der Waals surface area contributed by atoms with Gasteiger partial charge in [-0.25, -0.2) is 8.42 Å². The van der Waals surface area contributed by atoms with Crippen LogP contribution in [0.4, 0.5) is 5.69 Å². The molecule has 49 heavy (non-hydrogen) atoms. The molecule has 1 aliphatic rings. The Hall–Kier alpha value is -4.35. The van der Waals surface area contributed by atoms with E-state index in [1.165, 1.54) is 37.3 Å². The molecule has 0 aromatic heterocycles. The molecule has 0 radical (unpaired) electrons. The second-order valence-corrected chi connectivity index (χ2v) is 14.8. The van der Waals surface area contributed by atoms with Gasteiger partial charge in [-0.15, -0.1) is 0 Å². The molecule has 0 spiro atoms. The molecule has 5 rings (SSSR count). The Morgan fingerprint density at radius 1 is 0.837 bits per heavy atom. The number of rotatable bonds is 14. The molecule has 11 heteroatoms. The van der Waals surface area contributed by atoms with Crippen LogP contribution in [0.3, 0.4) is 0 Å². The van der Waals surface area contributed by atoms with E-state index in [1.807, 2.05) is 54.6 Å². The van der Waals surface area contributed by atoms with Gasteiger partial charge in [0.2, 0.25) is 11.8 Å². The normalized spacial score (nSPS) is 14.0. The van der Waals surface area contributed by atoms with Gasteiger partial charge in [0.25, 0.3) is 10.0 Å². The first-order chi connectivity index (χ1) is 23.7. The van der Waals surface area contributed by atoms with Gasteiger partial charge in [-0.05, 0) is 60.4 Å². The molecule has 0 bridgehead atoms. The van der Waals surface area contributed by atoms with Crippen LogP contribution in [0.1, 0.15) is 43.2 Å². The molecule has 2 amide bonds. The van der Waals surface area contributed by atoms with Crippen LogP contribution in [-0.2, 0) is 32.6 Å². The molecular formula is C38H42BrN3O6S. The molecule has 0 heterocycles. The second-order valence-electron chi connectivity index (χ2n) is 12.1. The molecule has 0 unspecified atom stereocenters. The molecule has 0 aliphatic heterocycles. The molecule has 1 atom stereocenters. The second kappa shape index (κ2) is 16.8. The van der Waals surface area contributed by atoms with Crippen molar-refractivity contribution in [3.8, 4) is 11.5 Å². The lowest BCUT2D eigenvalue weighted by atomic mass is 9.94. The van der Waals surface area contributed by atoms with E-state index >= 15 is 0 Å². The third-order valence-corrected chi connectivity index (χ3v) is 11.1. The monoisotopic (exact) mass is 747 g/mol. The molecule has 1 aliphatic carbocycles. The lowest BCUT2D eigenvalue weighted by molar-refractivity contribution is -0.140. The Labute approximate surface area is 297 Å². The van der Waals surface area contributed by atoms with Gasteiger partial charge in [0.05, 0.1) is 24.8 Å². The van der Waals surface area contributed by atoms with Gasteiger partial charge < -0.3 is 19.7 Å². The highest BCUT2D eigenvalue weighted by molar-refractivity contribution is 9.10. The van der Waals surface area contributed by atoms with E-state index in [4.69, 9.17) is 9.47 Å². The summed E-state index contributed by atoms with van der Waals surface area (Å²) in [5.41, 5.74) is 1.80. The highest BCUT2D eigenvalue weighted by atomic mass is 79.9. The first-order valence-electron chi connectivity index (χ1n) is 16.4. The standard InChI is InChI=1S/C38H42BrN3O6S/c1-47-32-22-23-36(48-2)34(25-32)42(49(45,46)33-16-10-5-11-17-33)27-37(43)41(26-29-18-20-30(39)21-19-29)35(24-28-12-6-3-7-13-28)38(44)40-31-14-8-4-9-15-31/h3,5-7,10-13,16-23,25,31,35H,4,8-9,14-15,24,26-27H2,1-2H3,(H,40,44)/t35-/m0/s1. The number of hydrogen-bond acceptors (Lipinski definition) is 6. The van der Waals surface area contributed by atoms with E-state index in [1.54, 1.807) is 30.3 Å². The van der Waals surface area contributed by atoms with Crippen LogP contribution in [0.25, 0.3) is 0 Å². The first-order valence-corrected chi connectivity index (χ1v) is 18.6.